The van der Waals surface area contributed by atoms with Gasteiger partial charge in [0.15, 0.2) is 11.4 Å². The van der Waals surface area contributed by atoms with Gasteiger partial charge in [-0.05, 0) is 49.4 Å². The average Bonchev–Trinajstić information content (AvgIpc) is 2.90. The third kappa shape index (κ3) is 2.41. The minimum absolute atomic E-state index is 0.0349. The molecule has 21 heavy (non-hydrogen) atoms. The van der Waals surface area contributed by atoms with Crippen molar-refractivity contribution < 1.29 is 19.1 Å². The molecule has 0 fully saturated rings. The first kappa shape index (κ1) is 13.1. The van der Waals surface area contributed by atoms with Crippen molar-refractivity contribution in [3.05, 3.63) is 53.6 Å². The largest absolute Gasteiger partial charge is 0.478 e. The molecule has 0 amide bonds. The Hall–Kier alpha value is -2.95. The van der Waals surface area contributed by atoms with Crippen molar-refractivity contribution in [1.29, 1.82) is 0 Å². The number of Topliss-reactive ketones (excluding diaryl/α,β-unsaturated/α-hetero) is 1. The molecule has 1 N–H and O–H groups in total. The predicted octanol–water partition coefficient (Wildman–Crippen LogP) is 3.40. The van der Waals surface area contributed by atoms with E-state index in [-0.39, 0.29) is 11.3 Å². The fraction of sp³-hybridized carbons (Fsp3) is 0.0625. The summed E-state index contributed by atoms with van der Waals surface area (Å²) in [7, 11) is 0. The summed E-state index contributed by atoms with van der Waals surface area (Å²) < 4.78 is 5.62. The van der Waals surface area contributed by atoms with Crippen LogP contribution >= 0.6 is 0 Å². The van der Waals surface area contributed by atoms with Crippen molar-refractivity contribution in [3.8, 4) is 11.5 Å². The minimum Gasteiger partial charge on any atom is -0.478 e. The lowest BCUT2D eigenvalue weighted by Gasteiger charge is -1.96. The number of aromatic carboxylic acids is 1. The van der Waals surface area contributed by atoms with E-state index in [1.54, 1.807) is 30.3 Å². The number of oxazole rings is 1. The number of aromatic nitrogens is 1. The second-order valence-electron chi connectivity index (χ2n) is 4.64. The van der Waals surface area contributed by atoms with Crippen molar-refractivity contribution in [3.63, 3.8) is 0 Å². The molecular formula is C16H11NO4. The Bertz CT molecular complexity index is 846. The monoisotopic (exact) mass is 281 g/mol. The van der Waals surface area contributed by atoms with Crippen LogP contribution in [0.4, 0.5) is 0 Å². The van der Waals surface area contributed by atoms with Crippen LogP contribution in [-0.2, 0) is 0 Å². The number of carbonyl (C=O) groups excluding carboxylic acids is 1. The first-order valence-corrected chi connectivity index (χ1v) is 6.30. The summed E-state index contributed by atoms with van der Waals surface area (Å²) in [5.41, 5.74) is 2.63. The number of carboxylic acids is 1. The Labute approximate surface area is 119 Å². The van der Waals surface area contributed by atoms with Gasteiger partial charge in [0.05, 0.1) is 5.56 Å². The normalized spacial score (nSPS) is 10.7. The van der Waals surface area contributed by atoms with E-state index in [4.69, 9.17) is 9.52 Å². The summed E-state index contributed by atoms with van der Waals surface area (Å²) in [4.78, 5) is 26.5. The molecule has 2 aromatic carbocycles. The standard InChI is InChI=1S/C16H11NO4/c1-9(18)12-6-7-14-13(8-12)17-15(21-14)10-2-4-11(5-3-10)16(19)20/h2-8H,1H3,(H,19,20). The molecule has 0 spiro atoms. The van der Waals surface area contributed by atoms with E-state index in [0.717, 1.165) is 0 Å². The van der Waals surface area contributed by atoms with Gasteiger partial charge >= 0.3 is 5.97 Å². The first-order chi connectivity index (χ1) is 10.0. The first-order valence-electron chi connectivity index (χ1n) is 6.30. The summed E-state index contributed by atoms with van der Waals surface area (Å²) in [5, 5.41) is 8.87. The molecule has 0 saturated carbocycles. The number of fused-ring (bicyclic) bond motifs is 1. The van der Waals surface area contributed by atoms with Crippen molar-refractivity contribution in [1.82, 2.24) is 4.98 Å². The molecule has 0 saturated heterocycles. The second-order valence-corrected chi connectivity index (χ2v) is 4.64. The Balaban J connectivity index is 2.04. The van der Waals surface area contributed by atoms with Crippen LogP contribution in [0, 0.1) is 0 Å². The van der Waals surface area contributed by atoms with Crippen molar-refractivity contribution in [2.75, 3.05) is 0 Å². The molecule has 3 aromatic rings. The molecule has 0 bridgehead atoms. The van der Waals surface area contributed by atoms with E-state index in [9.17, 15) is 9.59 Å². The third-order valence-electron chi connectivity index (χ3n) is 3.17. The fourth-order valence-electron chi connectivity index (χ4n) is 2.03. The lowest BCUT2D eigenvalue weighted by atomic mass is 10.1. The molecule has 0 aliphatic rings. The van der Waals surface area contributed by atoms with Crippen molar-refractivity contribution >= 4 is 22.9 Å². The highest BCUT2D eigenvalue weighted by atomic mass is 16.4. The number of carboxylic acid groups (broad SMARTS) is 1. The zero-order chi connectivity index (χ0) is 15.0. The smallest absolute Gasteiger partial charge is 0.335 e. The second kappa shape index (κ2) is 4.86. The molecule has 0 atom stereocenters. The molecule has 0 aliphatic carbocycles. The van der Waals surface area contributed by atoms with E-state index < -0.39 is 5.97 Å². The van der Waals surface area contributed by atoms with Gasteiger partial charge in [-0.1, -0.05) is 0 Å². The minimum atomic E-state index is -0.981. The maximum atomic E-state index is 11.4. The predicted molar refractivity (Wildman–Crippen MR) is 76.4 cm³/mol. The zero-order valence-electron chi connectivity index (χ0n) is 11.2. The molecule has 0 unspecified atom stereocenters. The van der Waals surface area contributed by atoms with Crippen LogP contribution in [0.15, 0.2) is 46.9 Å². The molecule has 3 rings (SSSR count). The van der Waals surface area contributed by atoms with Gasteiger partial charge in [0.2, 0.25) is 5.89 Å². The molecular weight excluding hydrogens is 270 g/mol. The van der Waals surface area contributed by atoms with Crippen LogP contribution in [-0.4, -0.2) is 21.8 Å². The number of ketones is 1. The molecule has 1 aromatic heterocycles. The van der Waals surface area contributed by atoms with E-state index in [1.165, 1.54) is 19.1 Å². The van der Waals surface area contributed by atoms with Crippen LogP contribution < -0.4 is 0 Å². The quantitative estimate of drug-likeness (QED) is 0.744. The van der Waals surface area contributed by atoms with Gasteiger partial charge in [-0.25, -0.2) is 9.78 Å². The maximum absolute atomic E-state index is 11.4. The highest BCUT2D eigenvalue weighted by Crippen LogP contribution is 2.25. The summed E-state index contributed by atoms with van der Waals surface area (Å²) in [6, 6.07) is 11.3. The van der Waals surface area contributed by atoms with Crippen LogP contribution in [0.5, 0.6) is 0 Å². The van der Waals surface area contributed by atoms with E-state index in [2.05, 4.69) is 4.98 Å². The number of hydrogen-bond donors (Lipinski definition) is 1. The number of rotatable bonds is 3. The summed E-state index contributed by atoms with van der Waals surface area (Å²) in [6.45, 7) is 1.49. The Kier molecular flexibility index (Phi) is 3.02. The number of nitrogens with zero attached hydrogens (tertiary/aromatic N) is 1. The number of hydrogen-bond acceptors (Lipinski definition) is 4. The van der Waals surface area contributed by atoms with Gasteiger partial charge in [0.25, 0.3) is 0 Å². The van der Waals surface area contributed by atoms with Gasteiger partial charge in [0.1, 0.15) is 5.52 Å². The number of benzene rings is 2. The van der Waals surface area contributed by atoms with Crippen LogP contribution in [0.1, 0.15) is 27.6 Å². The Morgan fingerprint density at radius 3 is 2.33 bits per heavy atom. The van der Waals surface area contributed by atoms with Gasteiger partial charge < -0.3 is 9.52 Å². The van der Waals surface area contributed by atoms with Gasteiger partial charge in [-0.3, -0.25) is 4.79 Å². The highest BCUT2D eigenvalue weighted by molar-refractivity contribution is 5.97. The van der Waals surface area contributed by atoms with Crippen molar-refractivity contribution in [2.45, 2.75) is 6.92 Å². The van der Waals surface area contributed by atoms with Crippen LogP contribution in [0.3, 0.4) is 0 Å². The lowest BCUT2D eigenvalue weighted by Crippen LogP contribution is -1.94. The molecule has 0 aliphatic heterocycles. The van der Waals surface area contributed by atoms with Gasteiger partial charge in [-0.2, -0.15) is 0 Å². The van der Waals surface area contributed by atoms with Gasteiger partial charge in [-0.15, -0.1) is 0 Å². The van der Waals surface area contributed by atoms with Crippen LogP contribution in [0.25, 0.3) is 22.6 Å². The zero-order valence-corrected chi connectivity index (χ0v) is 11.2. The fourth-order valence-corrected chi connectivity index (χ4v) is 2.03. The lowest BCUT2D eigenvalue weighted by molar-refractivity contribution is 0.0696. The Morgan fingerprint density at radius 1 is 1.05 bits per heavy atom. The average molecular weight is 281 g/mol. The van der Waals surface area contributed by atoms with E-state index in [1.807, 2.05) is 0 Å². The maximum Gasteiger partial charge on any atom is 0.335 e. The van der Waals surface area contributed by atoms with E-state index >= 15 is 0 Å². The molecule has 5 nitrogen and oxygen atoms in total. The van der Waals surface area contributed by atoms with Crippen LogP contribution in [0.2, 0.25) is 0 Å². The highest BCUT2D eigenvalue weighted by Gasteiger charge is 2.11. The third-order valence-corrected chi connectivity index (χ3v) is 3.17. The summed E-state index contributed by atoms with van der Waals surface area (Å²) in [6.07, 6.45) is 0. The van der Waals surface area contributed by atoms with Crippen molar-refractivity contribution in [2.24, 2.45) is 0 Å². The van der Waals surface area contributed by atoms with E-state index in [0.29, 0.717) is 28.1 Å². The SMILES string of the molecule is CC(=O)c1ccc2oc(-c3ccc(C(=O)O)cc3)nc2c1. The molecule has 5 heteroatoms. The summed E-state index contributed by atoms with van der Waals surface area (Å²) in [5.74, 6) is -0.625. The Morgan fingerprint density at radius 2 is 1.71 bits per heavy atom. The summed E-state index contributed by atoms with van der Waals surface area (Å²) >= 11 is 0. The number of carbonyl (C=O) groups is 2. The van der Waals surface area contributed by atoms with Gasteiger partial charge in [0, 0.05) is 11.1 Å². The molecule has 0 radical (unpaired) electrons. The topological polar surface area (TPSA) is 80.4 Å². The molecule has 104 valence electrons. The molecule has 1 heterocycles.